The van der Waals surface area contributed by atoms with E-state index in [0.717, 1.165) is 12.8 Å². The van der Waals surface area contributed by atoms with Crippen LogP contribution in [0.15, 0.2) is 24.3 Å². The molecule has 3 nitrogen and oxygen atoms in total. The van der Waals surface area contributed by atoms with Crippen molar-refractivity contribution in [3.05, 3.63) is 35.6 Å². The summed E-state index contributed by atoms with van der Waals surface area (Å²) in [5.41, 5.74) is 0.685. The molecule has 1 aromatic rings. The second-order valence-electron chi connectivity index (χ2n) is 5.60. The van der Waals surface area contributed by atoms with Crippen molar-refractivity contribution in [1.82, 2.24) is 5.32 Å². The maximum absolute atomic E-state index is 13.0. The Hall–Kier alpha value is -1.42. The average molecular weight is 279 g/mol. The van der Waals surface area contributed by atoms with Gasteiger partial charge >= 0.3 is 0 Å². The van der Waals surface area contributed by atoms with E-state index in [1.807, 2.05) is 0 Å². The minimum atomic E-state index is -0.317. The van der Waals surface area contributed by atoms with E-state index in [1.165, 1.54) is 25.0 Å². The number of halogens is 1. The summed E-state index contributed by atoms with van der Waals surface area (Å²) >= 11 is 0. The third-order valence-corrected chi connectivity index (χ3v) is 4.12. The molecule has 4 heteroatoms. The van der Waals surface area contributed by atoms with Gasteiger partial charge in [-0.05, 0) is 42.4 Å². The quantitative estimate of drug-likeness (QED) is 0.868. The van der Waals surface area contributed by atoms with E-state index in [4.69, 9.17) is 0 Å². The van der Waals surface area contributed by atoms with Crippen molar-refractivity contribution >= 4 is 5.91 Å². The van der Waals surface area contributed by atoms with Crippen LogP contribution in [0.4, 0.5) is 4.39 Å². The monoisotopic (exact) mass is 279 g/mol. The number of carbonyl (C=O) groups is 1. The molecule has 2 N–H and O–H groups in total. The molecule has 110 valence electrons. The van der Waals surface area contributed by atoms with E-state index in [2.05, 4.69) is 5.32 Å². The van der Waals surface area contributed by atoms with Crippen LogP contribution in [0.3, 0.4) is 0 Å². The molecule has 0 spiro atoms. The molecule has 1 aliphatic rings. The Bertz CT molecular complexity index is 450. The molecule has 0 aromatic heterocycles. The van der Waals surface area contributed by atoms with Crippen molar-refractivity contribution < 1.29 is 14.3 Å². The molecular formula is C16H22FNO2. The highest BCUT2D eigenvalue weighted by Gasteiger charge is 2.24. The lowest BCUT2D eigenvalue weighted by molar-refractivity contribution is -0.120. The zero-order valence-corrected chi connectivity index (χ0v) is 11.6. The Kier molecular flexibility index (Phi) is 5.53. The fourth-order valence-electron chi connectivity index (χ4n) is 2.93. The van der Waals surface area contributed by atoms with Gasteiger partial charge in [0.25, 0.3) is 0 Å². The van der Waals surface area contributed by atoms with Crippen molar-refractivity contribution in [2.24, 2.45) is 11.8 Å². The normalized spacial score (nSPS) is 22.5. The summed E-state index contributed by atoms with van der Waals surface area (Å²) in [7, 11) is 0. The van der Waals surface area contributed by atoms with Crippen molar-refractivity contribution in [2.45, 2.75) is 32.1 Å². The van der Waals surface area contributed by atoms with Crippen LogP contribution in [-0.4, -0.2) is 24.2 Å². The first-order valence-electron chi connectivity index (χ1n) is 7.31. The molecular weight excluding hydrogens is 257 g/mol. The maximum Gasteiger partial charge on any atom is 0.224 e. The summed E-state index contributed by atoms with van der Waals surface area (Å²) in [6, 6.07) is 6.12. The van der Waals surface area contributed by atoms with Gasteiger partial charge in [0.05, 0.1) is 6.42 Å². The Morgan fingerprint density at radius 1 is 1.30 bits per heavy atom. The largest absolute Gasteiger partial charge is 0.396 e. The van der Waals surface area contributed by atoms with Gasteiger partial charge in [-0.25, -0.2) is 4.39 Å². The number of nitrogens with one attached hydrogen (secondary N) is 1. The Balaban J connectivity index is 1.79. The smallest absolute Gasteiger partial charge is 0.224 e. The van der Waals surface area contributed by atoms with Crippen LogP contribution in [-0.2, 0) is 11.2 Å². The molecule has 0 saturated heterocycles. The van der Waals surface area contributed by atoms with E-state index in [-0.39, 0.29) is 24.8 Å². The van der Waals surface area contributed by atoms with Crippen molar-refractivity contribution in [3.8, 4) is 0 Å². The molecule has 2 atom stereocenters. The second kappa shape index (κ2) is 7.39. The number of amides is 1. The Morgan fingerprint density at radius 3 is 2.75 bits per heavy atom. The van der Waals surface area contributed by atoms with Gasteiger partial charge in [0, 0.05) is 13.2 Å². The summed E-state index contributed by atoms with van der Waals surface area (Å²) < 4.78 is 13.0. The van der Waals surface area contributed by atoms with Crippen LogP contribution >= 0.6 is 0 Å². The standard InChI is InChI=1S/C16H22FNO2/c17-15-7-3-4-12(8-15)9-16(20)18-10-13-5-1-2-6-14(13)11-19/h3-4,7-8,13-14,19H,1-2,5-6,9-11H2,(H,18,20). The fraction of sp³-hybridized carbons (Fsp3) is 0.562. The van der Waals surface area contributed by atoms with E-state index in [0.29, 0.717) is 23.9 Å². The zero-order valence-electron chi connectivity index (χ0n) is 11.6. The van der Waals surface area contributed by atoms with Gasteiger partial charge in [-0.2, -0.15) is 0 Å². The molecule has 0 heterocycles. The first kappa shape index (κ1) is 15.0. The van der Waals surface area contributed by atoms with E-state index < -0.39 is 0 Å². The lowest BCUT2D eigenvalue weighted by atomic mass is 9.79. The van der Waals surface area contributed by atoms with Gasteiger partial charge < -0.3 is 10.4 Å². The van der Waals surface area contributed by atoms with Crippen LogP contribution in [0.25, 0.3) is 0 Å². The van der Waals surface area contributed by atoms with Crippen LogP contribution in [0.5, 0.6) is 0 Å². The van der Waals surface area contributed by atoms with Gasteiger partial charge in [-0.1, -0.05) is 25.0 Å². The number of rotatable bonds is 5. The van der Waals surface area contributed by atoms with Crippen molar-refractivity contribution in [3.63, 3.8) is 0 Å². The minimum absolute atomic E-state index is 0.0853. The Morgan fingerprint density at radius 2 is 2.05 bits per heavy atom. The highest BCUT2D eigenvalue weighted by atomic mass is 19.1. The first-order chi connectivity index (χ1) is 9.69. The number of benzene rings is 1. The lowest BCUT2D eigenvalue weighted by Gasteiger charge is -2.30. The predicted octanol–water partition coefficient (Wildman–Crippen LogP) is 2.28. The molecule has 0 bridgehead atoms. The molecule has 1 aromatic carbocycles. The lowest BCUT2D eigenvalue weighted by Crippen LogP contribution is -2.36. The maximum atomic E-state index is 13.0. The van der Waals surface area contributed by atoms with Crippen LogP contribution in [0, 0.1) is 17.7 Å². The summed E-state index contributed by atoms with van der Waals surface area (Å²) in [6.45, 7) is 0.809. The summed E-state index contributed by atoms with van der Waals surface area (Å²) in [6.07, 6.45) is 4.64. The first-order valence-corrected chi connectivity index (χ1v) is 7.31. The predicted molar refractivity (Wildman–Crippen MR) is 75.6 cm³/mol. The summed E-state index contributed by atoms with van der Waals surface area (Å²) in [5.74, 6) is 0.268. The third-order valence-electron chi connectivity index (χ3n) is 4.12. The van der Waals surface area contributed by atoms with Gasteiger partial charge in [0.1, 0.15) is 5.82 Å². The number of aliphatic hydroxyl groups excluding tert-OH is 1. The van der Waals surface area contributed by atoms with E-state index >= 15 is 0 Å². The van der Waals surface area contributed by atoms with E-state index in [1.54, 1.807) is 12.1 Å². The highest BCUT2D eigenvalue weighted by molar-refractivity contribution is 5.78. The van der Waals surface area contributed by atoms with Gasteiger partial charge in [-0.15, -0.1) is 0 Å². The molecule has 2 unspecified atom stereocenters. The summed E-state index contributed by atoms with van der Waals surface area (Å²) in [4.78, 5) is 11.9. The number of carbonyl (C=O) groups excluding carboxylic acids is 1. The summed E-state index contributed by atoms with van der Waals surface area (Å²) in [5, 5.41) is 12.3. The molecule has 1 fully saturated rings. The SMILES string of the molecule is O=C(Cc1cccc(F)c1)NCC1CCCCC1CO. The highest BCUT2D eigenvalue weighted by Crippen LogP contribution is 2.29. The van der Waals surface area contributed by atoms with Crippen molar-refractivity contribution in [1.29, 1.82) is 0 Å². The van der Waals surface area contributed by atoms with Crippen molar-refractivity contribution in [2.75, 3.05) is 13.2 Å². The molecule has 1 aliphatic carbocycles. The number of hydrogen-bond donors (Lipinski definition) is 2. The Labute approximate surface area is 119 Å². The van der Waals surface area contributed by atoms with Gasteiger partial charge in [-0.3, -0.25) is 4.79 Å². The number of aliphatic hydroxyl groups is 1. The van der Waals surface area contributed by atoms with Gasteiger partial charge in [0.15, 0.2) is 0 Å². The number of hydrogen-bond acceptors (Lipinski definition) is 2. The third kappa shape index (κ3) is 4.30. The molecule has 2 rings (SSSR count). The van der Waals surface area contributed by atoms with Gasteiger partial charge in [0.2, 0.25) is 5.91 Å². The van der Waals surface area contributed by atoms with Crippen LogP contribution in [0.2, 0.25) is 0 Å². The molecule has 0 aliphatic heterocycles. The zero-order chi connectivity index (χ0) is 14.4. The molecule has 0 radical (unpaired) electrons. The average Bonchev–Trinajstić information content (AvgIpc) is 2.45. The second-order valence-corrected chi connectivity index (χ2v) is 5.60. The topological polar surface area (TPSA) is 49.3 Å². The van der Waals surface area contributed by atoms with Crippen LogP contribution in [0.1, 0.15) is 31.2 Å². The molecule has 1 saturated carbocycles. The fourth-order valence-corrected chi connectivity index (χ4v) is 2.93. The molecule has 20 heavy (non-hydrogen) atoms. The molecule has 1 amide bonds. The van der Waals surface area contributed by atoms with Crippen LogP contribution < -0.4 is 5.32 Å². The van der Waals surface area contributed by atoms with E-state index in [9.17, 15) is 14.3 Å². The minimum Gasteiger partial charge on any atom is -0.396 e.